The molecule has 2 heterocycles. The molecule has 2 fully saturated rings. The second-order valence-corrected chi connectivity index (χ2v) is 6.09. The van der Waals surface area contributed by atoms with Crippen molar-refractivity contribution in [3.05, 3.63) is 35.4 Å². The number of carbonyl (C=O) groups is 2. The summed E-state index contributed by atoms with van der Waals surface area (Å²) >= 11 is 0. The fourth-order valence-corrected chi connectivity index (χ4v) is 3.42. The standard InChI is InChI=1S/C17H23N3O2/c1-13-5-2-3-6-14(13)15-7-4-9-20(15)17(22)12-19-10-8-18-11-16(19)21/h2-3,5-6,15,18H,4,7-12H2,1H3. The van der Waals surface area contributed by atoms with Crippen LogP contribution in [0.2, 0.25) is 0 Å². The molecule has 1 aromatic carbocycles. The lowest BCUT2D eigenvalue weighted by Crippen LogP contribution is -2.51. The number of nitrogens with one attached hydrogen (secondary N) is 1. The Bertz CT molecular complexity index is 573. The molecule has 1 unspecified atom stereocenters. The largest absolute Gasteiger partial charge is 0.334 e. The zero-order valence-corrected chi connectivity index (χ0v) is 13.0. The molecule has 3 rings (SSSR count). The van der Waals surface area contributed by atoms with Gasteiger partial charge in [-0.05, 0) is 30.9 Å². The topological polar surface area (TPSA) is 52.7 Å². The number of aryl methyl sites for hydroxylation is 1. The minimum absolute atomic E-state index is 0.0197. The number of amides is 2. The number of hydrogen-bond acceptors (Lipinski definition) is 3. The number of hydrogen-bond donors (Lipinski definition) is 1. The molecule has 1 N–H and O–H groups in total. The first-order chi connectivity index (χ1) is 10.7. The zero-order valence-electron chi connectivity index (χ0n) is 13.0. The van der Waals surface area contributed by atoms with Crippen molar-refractivity contribution < 1.29 is 9.59 Å². The highest BCUT2D eigenvalue weighted by molar-refractivity contribution is 5.86. The molecule has 2 aliphatic heterocycles. The first-order valence-electron chi connectivity index (χ1n) is 8.00. The second-order valence-electron chi connectivity index (χ2n) is 6.09. The van der Waals surface area contributed by atoms with Gasteiger partial charge >= 0.3 is 0 Å². The van der Waals surface area contributed by atoms with Crippen LogP contribution in [0.3, 0.4) is 0 Å². The average Bonchev–Trinajstić information content (AvgIpc) is 2.99. The summed E-state index contributed by atoms with van der Waals surface area (Å²) in [6, 6.07) is 8.42. The van der Waals surface area contributed by atoms with Crippen molar-refractivity contribution in [3.8, 4) is 0 Å². The van der Waals surface area contributed by atoms with Crippen molar-refractivity contribution in [1.29, 1.82) is 0 Å². The molecule has 118 valence electrons. The van der Waals surface area contributed by atoms with E-state index in [2.05, 4.69) is 24.4 Å². The molecule has 5 heteroatoms. The molecular weight excluding hydrogens is 278 g/mol. The maximum Gasteiger partial charge on any atom is 0.242 e. The van der Waals surface area contributed by atoms with E-state index in [0.717, 1.165) is 25.9 Å². The molecule has 0 aromatic heterocycles. The zero-order chi connectivity index (χ0) is 15.5. The number of nitrogens with zero attached hydrogens (tertiary/aromatic N) is 2. The maximum atomic E-state index is 12.7. The summed E-state index contributed by atoms with van der Waals surface area (Å²) in [5.41, 5.74) is 2.46. The number of carbonyl (C=O) groups excluding carboxylic acids is 2. The molecule has 5 nitrogen and oxygen atoms in total. The quantitative estimate of drug-likeness (QED) is 0.909. The van der Waals surface area contributed by atoms with Gasteiger partial charge in [-0.3, -0.25) is 9.59 Å². The minimum Gasteiger partial charge on any atom is -0.334 e. The van der Waals surface area contributed by atoms with Gasteiger partial charge in [0, 0.05) is 19.6 Å². The summed E-state index contributed by atoms with van der Waals surface area (Å²) in [5.74, 6) is 0.0900. The van der Waals surface area contributed by atoms with Gasteiger partial charge in [-0.2, -0.15) is 0 Å². The minimum atomic E-state index is 0.0197. The van der Waals surface area contributed by atoms with Crippen LogP contribution in [0.4, 0.5) is 0 Å². The smallest absolute Gasteiger partial charge is 0.242 e. The molecule has 22 heavy (non-hydrogen) atoms. The lowest BCUT2D eigenvalue weighted by atomic mass is 9.99. The molecule has 1 atom stereocenters. The highest BCUT2D eigenvalue weighted by Gasteiger charge is 2.32. The molecule has 0 spiro atoms. The van der Waals surface area contributed by atoms with E-state index in [1.54, 1.807) is 4.90 Å². The Labute approximate surface area is 131 Å². The predicted molar refractivity (Wildman–Crippen MR) is 84.3 cm³/mol. The molecule has 2 aliphatic rings. The van der Waals surface area contributed by atoms with E-state index in [1.807, 2.05) is 17.0 Å². The second kappa shape index (κ2) is 6.48. The predicted octanol–water partition coefficient (Wildman–Crippen LogP) is 1.09. The van der Waals surface area contributed by atoms with Gasteiger partial charge in [-0.1, -0.05) is 24.3 Å². The van der Waals surface area contributed by atoms with Crippen LogP contribution < -0.4 is 5.32 Å². The van der Waals surface area contributed by atoms with E-state index in [0.29, 0.717) is 13.1 Å². The Morgan fingerprint density at radius 3 is 2.91 bits per heavy atom. The van der Waals surface area contributed by atoms with E-state index < -0.39 is 0 Å². The van der Waals surface area contributed by atoms with E-state index in [1.165, 1.54) is 11.1 Å². The van der Waals surface area contributed by atoms with E-state index in [9.17, 15) is 9.59 Å². The number of rotatable bonds is 3. The van der Waals surface area contributed by atoms with Crippen molar-refractivity contribution >= 4 is 11.8 Å². The van der Waals surface area contributed by atoms with E-state index in [4.69, 9.17) is 0 Å². The Balaban J connectivity index is 1.71. The molecule has 2 saturated heterocycles. The van der Waals surface area contributed by atoms with Gasteiger partial charge in [0.05, 0.1) is 19.1 Å². The van der Waals surface area contributed by atoms with E-state index in [-0.39, 0.29) is 24.4 Å². The fourth-order valence-electron chi connectivity index (χ4n) is 3.42. The Hall–Kier alpha value is -1.88. The van der Waals surface area contributed by atoms with Gasteiger partial charge in [0.1, 0.15) is 0 Å². The number of benzene rings is 1. The number of likely N-dealkylation sites (tertiary alicyclic amines) is 1. The third-order valence-corrected chi connectivity index (χ3v) is 4.63. The molecular formula is C17H23N3O2. The summed E-state index contributed by atoms with van der Waals surface area (Å²) in [4.78, 5) is 28.1. The summed E-state index contributed by atoms with van der Waals surface area (Å²) in [5, 5.41) is 3.03. The van der Waals surface area contributed by atoms with Crippen molar-refractivity contribution in [1.82, 2.24) is 15.1 Å². The van der Waals surface area contributed by atoms with Crippen LogP contribution in [0, 0.1) is 6.92 Å². The first-order valence-corrected chi connectivity index (χ1v) is 8.00. The van der Waals surface area contributed by atoms with Crippen molar-refractivity contribution in [2.45, 2.75) is 25.8 Å². The lowest BCUT2D eigenvalue weighted by molar-refractivity contribution is -0.141. The molecule has 0 aliphatic carbocycles. The molecule has 0 radical (unpaired) electrons. The number of piperazine rings is 1. The van der Waals surface area contributed by atoms with Crippen molar-refractivity contribution in [3.63, 3.8) is 0 Å². The molecule has 1 aromatic rings. The summed E-state index contributed by atoms with van der Waals surface area (Å²) in [6.07, 6.45) is 2.03. The van der Waals surface area contributed by atoms with Gasteiger partial charge < -0.3 is 15.1 Å². The van der Waals surface area contributed by atoms with Crippen LogP contribution in [0.15, 0.2) is 24.3 Å². The van der Waals surface area contributed by atoms with E-state index >= 15 is 0 Å². The van der Waals surface area contributed by atoms with Crippen LogP contribution in [0.1, 0.15) is 30.0 Å². The van der Waals surface area contributed by atoms with Crippen molar-refractivity contribution in [2.75, 3.05) is 32.7 Å². The first kappa shape index (κ1) is 15.0. The SMILES string of the molecule is Cc1ccccc1C1CCCN1C(=O)CN1CCNCC1=O. The van der Waals surface area contributed by atoms with Gasteiger partial charge in [-0.25, -0.2) is 0 Å². The van der Waals surface area contributed by atoms with Crippen molar-refractivity contribution in [2.24, 2.45) is 0 Å². The van der Waals surface area contributed by atoms with Crippen LogP contribution in [-0.2, 0) is 9.59 Å². The summed E-state index contributed by atoms with van der Waals surface area (Å²) in [7, 11) is 0. The van der Waals surface area contributed by atoms with Crippen LogP contribution in [0.25, 0.3) is 0 Å². The van der Waals surface area contributed by atoms with Gasteiger partial charge in [0.15, 0.2) is 0 Å². The maximum absolute atomic E-state index is 12.7. The Morgan fingerprint density at radius 2 is 2.14 bits per heavy atom. The van der Waals surface area contributed by atoms with Crippen LogP contribution in [-0.4, -0.2) is 54.3 Å². The molecule has 0 bridgehead atoms. The highest BCUT2D eigenvalue weighted by Crippen LogP contribution is 2.33. The van der Waals surface area contributed by atoms with Gasteiger partial charge in [-0.15, -0.1) is 0 Å². The third-order valence-electron chi connectivity index (χ3n) is 4.63. The normalized spacial score (nSPS) is 22.2. The molecule has 2 amide bonds. The monoisotopic (exact) mass is 301 g/mol. The Kier molecular flexibility index (Phi) is 4.43. The van der Waals surface area contributed by atoms with Gasteiger partial charge in [0.2, 0.25) is 11.8 Å². The summed E-state index contributed by atoms with van der Waals surface area (Å²) in [6.45, 7) is 4.82. The summed E-state index contributed by atoms with van der Waals surface area (Å²) < 4.78 is 0. The average molecular weight is 301 g/mol. The van der Waals surface area contributed by atoms with Gasteiger partial charge in [0.25, 0.3) is 0 Å². The van der Waals surface area contributed by atoms with Crippen LogP contribution >= 0.6 is 0 Å². The lowest BCUT2D eigenvalue weighted by Gasteiger charge is -2.31. The fraction of sp³-hybridized carbons (Fsp3) is 0.529. The van der Waals surface area contributed by atoms with Crippen LogP contribution in [0.5, 0.6) is 0 Å². The third kappa shape index (κ3) is 2.99. The Morgan fingerprint density at radius 1 is 1.32 bits per heavy atom. The molecule has 0 saturated carbocycles. The highest BCUT2D eigenvalue weighted by atomic mass is 16.2.